The zero-order chi connectivity index (χ0) is 22.5. The van der Waals surface area contributed by atoms with Crippen LogP contribution in [0.15, 0.2) is 35.6 Å². The number of nitrogens with zero attached hydrogens (tertiary/aromatic N) is 5. The predicted molar refractivity (Wildman–Crippen MR) is 122 cm³/mol. The Bertz CT molecular complexity index is 925. The van der Waals surface area contributed by atoms with Gasteiger partial charge in [-0.25, -0.2) is 9.38 Å². The quantitative estimate of drug-likeness (QED) is 0.543. The predicted octanol–water partition coefficient (Wildman–Crippen LogP) is 2.06. The maximum absolute atomic E-state index is 14.8. The van der Waals surface area contributed by atoms with Crippen LogP contribution in [-0.2, 0) is 18.3 Å². The minimum atomic E-state index is -0.273. The van der Waals surface area contributed by atoms with Gasteiger partial charge in [-0.3, -0.25) is 4.68 Å². The molecule has 174 valence electrons. The third-order valence-corrected chi connectivity index (χ3v) is 6.03. The number of aliphatic hydroxyl groups is 1. The van der Waals surface area contributed by atoms with E-state index in [1.807, 2.05) is 43.4 Å². The summed E-state index contributed by atoms with van der Waals surface area (Å²) in [4.78, 5) is 8.97. The van der Waals surface area contributed by atoms with Gasteiger partial charge in [-0.2, -0.15) is 5.10 Å². The highest BCUT2D eigenvalue weighted by atomic mass is 19.1. The highest BCUT2D eigenvalue weighted by Gasteiger charge is 2.25. The van der Waals surface area contributed by atoms with Crippen molar-refractivity contribution < 1.29 is 14.2 Å². The Labute approximate surface area is 188 Å². The summed E-state index contributed by atoms with van der Waals surface area (Å²) in [5, 5.41) is 17.3. The lowest BCUT2D eigenvalue weighted by Crippen LogP contribution is -2.48. The van der Waals surface area contributed by atoms with E-state index in [2.05, 4.69) is 15.3 Å². The van der Waals surface area contributed by atoms with Crippen LogP contribution >= 0.6 is 0 Å². The van der Waals surface area contributed by atoms with Crippen LogP contribution in [0.1, 0.15) is 37.0 Å². The van der Waals surface area contributed by atoms with Crippen LogP contribution in [0.2, 0.25) is 0 Å². The molecular weight excluding hydrogens is 411 g/mol. The van der Waals surface area contributed by atoms with Crippen molar-refractivity contribution in [2.24, 2.45) is 12.0 Å². The van der Waals surface area contributed by atoms with Crippen LogP contribution in [0.5, 0.6) is 0 Å². The second-order valence-corrected chi connectivity index (χ2v) is 8.43. The lowest BCUT2D eigenvalue weighted by atomic mass is 10.1. The smallest absolute Gasteiger partial charge is 0.194 e. The van der Waals surface area contributed by atoms with Gasteiger partial charge in [0.15, 0.2) is 5.96 Å². The molecule has 9 heteroatoms. The second-order valence-electron chi connectivity index (χ2n) is 8.43. The maximum Gasteiger partial charge on any atom is 0.194 e. The lowest BCUT2D eigenvalue weighted by Gasteiger charge is -2.34. The van der Waals surface area contributed by atoms with E-state index >= 15 is 0 Å². The molecule has 0 radical (unpaired) electrons. The molecule has 1 aromatic heterocycles. The Balaban J connectivity index is 1.43. The van der Waals surface area contributed by atoms with E-state index in [1.165, 1.54) is 0 Å². The zero-order valence-electron chi connectivity index (χ0n) is 18.9. The normalized spacial score (nSPS) is 20.6. The van der Waals surface area contributed by atoms with Crippen molar-refractivity contribution in [1.29, 1.82) is 0 Å². The first-order valence-corrected chi connectivity index (χ1v) is 11.4. The van der Waals surface area contributed by atoms with Gasteiger partial charge in [0.2, 0.25) is 0 Å². The third-order valence-electron chi connectivity index (χ3n) is 6.03. The molecule has 2 fully saturated rings. The lowest BCUT2D eigenvalue weighted by molar-refractivity contribution is -0.00805. The van der Waals surface area contributed by atoms with Crippen molar-refractivity contribution in [3.8, 4) is 0 Å². The molecule has 1 atom stereocenters. The molecule has 2 aliphatic heterocycles. The largest absolute Gasteiger partial charge is 0.393 e. The summed E-state index contributed by atoms with van der Waals surface area (Å²) in [6.45, 7) is 6.58. The molecule has 0 saturated carbocycles. The highest BCUT2D eigenvalue weighted by Crippen LogP contribution is 2.25. The molecule has 2 aromatic rings. The van der Waals surface area contributed by atoms with Gasteiger partial charge < -0.3 is 25.0 Å². The molecular formula is C23H33FN6O2. The number of aromatic nitrogens is 2. The van der Waals surface area contributed by atoms with Gasteiger partial charge in [0, 0.05) is 45.0 Å². The summed E-state index contributed by atoms with van der Waals surface area (Å²) >= 11 is 0. The number of piperidine rings is 1. The molecule has 8 nitrogen and oxygen atoms in total. The van der Waals surface area contributed by atoms with E-state index in [0.717, 1.165) is 30.2 Å². The van der Waals surface area contributed by atoms with Gasteiger partial charge in [0.05, 0.1) is 37.7 Å². The Morgan fingerprint density at radius 3 is 2.81 bits per heavy atom. The van der Waals surface area contributed by atoms with Gasteiger partial charge in [-0.1, -0.05) is 6.07 Å². The molecule has 2 N–H and O–H groups in total. The molecule has 0 amide bonds. The molecule has 0 aliphatic carbocycles. The molecule has 32 heavy (non-hydrogen) atoms. The number of hydrogen-bond acceptors (Lipinski definition) is 5. The standard InChI is InChI=1S/C23H33FN6O2/c1-3-25-23(30-10-11-32-22(16-30)18-14-27-28(2)15-18)26-13-17-4-5-21(20(24)12-17)29-8-6-19(31)7-9-29/h4-5,12,14-15,19,22,31H,3,6-11,13,16H2,1-2H3,(H,25,26). The Morgan fingerprint density at radius 1 is 1.31 bits per heavy atom. The van der Waals surface area contributed by atoms with Gasteiger partial charge >= 0.3 is 0 Å². The van der Waals surface area contributed by atoms with Crippen molar-refractivity contribution in [1.82, 2.24) is 20.0 Å². The van der Waals surface area contributed by atoms with Crippen LogP contribution in [0.4, 0.5) is 10.1 Å². The number of guanidine groups is 1. The average Bonchev–Trinajstić information content (AvgIpc) is 3.24. The number of aryl methyl sites for hydroxylation is 1. The van der Waals surface area contributed by atoms with E-state index in [9.17, 15) is 9.50 Å². The molecule has 3 heterocycles. The number of morpholine rings is 1. The van der Waals surface area contributed by atoms with Crippen LogP contribution in [0.25, 0.3) is 0 Å². The second kappa shape index (κ2) is 10.3. The fraction of sp³-hybridized carbons (Fsp3) is 0.565. The number of aliphatic imine (C=N–C) groups is 1. The summed E-state index contributed by atoms with van der Waals surface area (Å²) in [5.74, 6) is 0.571. The Morgan fingerprint density at radius 2 is 2.12 bits per heavy atom. The van der Waals surface area contributed by atoms with Crippen LogP contribution in [0.3, 0.4) is 0 Å². The summed E-state index contributed by atoms with van der Waals surface area (Å²) in [6, 6.07) is 5.34. The molecule has 0 spiro atoms. The maximum atomic E-state index is 14.8. The SMILES string of the molecule is CCNC(=NCc1ccc(N2CCC(O)CC2)c(F)c1)N1CCOC(c2cnn(C)c2)C1. The number of benzene rings is 1. The average molecular weight is 445 g/mol. The highest BCUT2D eigenvalue weighted by molar-refractivity contribution is 5.80. The Kier molecular flexibility index (Phi) is 7.26. The van der Waals surface area contributed by atoms with Crippen molar-refractivity contribution in [3.63, 3.8) is 0 Å². The van der Waals surface area contributed by atoms with E-state index in [0.29, 0.717) is 51.3 Å². The van der Waals surface area contributed by atoms with Gasteiger partial charge in [-0.05, 0) is 37.5 Å². The number of hydrogen-bond donors (Lipinski definition) is 2. The topological polar surface area (TPSA) is 78.2 Å². The van der Waals surface area contributed by atoms with Crippen LogP contribution in [-0.4, -0.2) is 71.2 Å². The summed E-state index contributed by atoms with van der Waals surface area (Å²) in [7, 11) is 1.90. The summed E-state index contributed by atoms with van der Waals surface area (Å²) in [5.41, 5.74) is 2.48. The molecule has 2 saturated heterocycles. The van der Waals surface area contributed by atoms with E-state index < -0.39 is 0 Å². The van der Waals surface area contributed by atoms with Crippen LogP contribution in [0, 0.1) is 5.82 Å². The number of halogens is 1. The van der Waals surface area contributed by atoms with Gasteiger partial charge in [-0.15, -0.1) is 0 Å². The van der Waals surface area contributed by atoms with Crippen molar-refractivity contribution in [2.45, 2.75) is 38.5 Å². The number of aliphatic hydroxyl groups excluding tert-OH is 1. The molecule has 1 unspecified atom stereocenters. The van der Waals surface area contributed by atoms with Gasteiger partial charge in [0.1, 0.15) is 11.9 Å². The zero-order valence-corrected chi connectivity index (χ0v) is 18.9. The molecule has 0 bridgehead atoms. The van der Waals surface area contributed by atoms with E-state index in [1.54, 1.807) is 10.7 Å². The Hall–Kier alpha value is -2.65. The first-order chi connectivity index (χ1) is 15.5. The molecule has 2 aliphatic rings. The number of rotatable bonds is 5. The van der Waals surface area contributed by atoms with E-state index in [4.69, 9.17) is 9.73 Å². The fourth-order valence-electron chi connectivity index (χ4n) is 4.25. The monoisotopic (exact) mass is 444 g/mol. The molecule has 4 rings (SSSR count). The third kappa shape index (κ3) is 5.39. The van der Waals surface area contributed by atoms with Crippen LogP contribution < -0.4 is 10.2 Å². The van der Waals surface area contributed by atoms with Crippen molar-refractivity contribution in [3.05, 3.63) is 47.5 Å². The van der Waals surface area contributed by atoms with Crippen molar-refractivity contribution >= 4 is 11.6 Å². The fourth-order valence-corrected chi connectivity index (χ4v) is 4.25. The number of ether oxygens (including phenoxy) is 1. The first-order valence-electron chi connectivity index (χ1n) is 11.4. The van der Waals surface area contributed by atoms with Crippen molar-refractivity contribution in [2.75, 3.05) is 44.2 Å². The molecule has 1 aromatic carbocycles. The minimum Gasteiger partial charge on any atom is -0.393 e. The van der Waals surface area contributed by atoms with E-state index in [-0.39, 0.29) is 18.0 Å². The summed E-state index contributed by atoms with van der Waals surface area (Å²) < 4.78 is 22.5. The van der Waals surface area contributed by atoms with Gasteiger partial charge in [0.25, 0.3) is 0 Å². The number of anilines is 1. The summed E-state index contributed by atoms with van der Waals surface area (Å²) in [6.07, 6.45) is 4.84. The minimum absolute atomic E-state index is 0.0545. The number of nitrogens with one attached hydrogen (secondary N) is 1. The first kappa shape index (κ1) is 22.5.